The van der Waals surface area contributed by atoms with E-state index in [9.17, 15) is 17.2 Å². The minimum Gasteiger partial charge on any atom is -0.367 e. The molecule has 0 spiro atoms. The van der Waals surface area contributed by atoms with Crippen LogP contribution in [0.5, 0.6) is 0 Å². The van der Waals surface area contributed by atoms with Gasteiger partial charge in [0, 0.05) is 45.1 Å². The van der Waals surface area contributed by atoms with E-state index in [-0.39, 0.29) is 27.8 Å². The largest absolute Gasteiger partial charge is 0.367 e. The van der Waals surface area contributed by atoms with Crippen molar-refractivity contribution in [1.82, 2.24) is 29.6 Å². The molecule has 3 aromatic rings. The summed E-state index contributed by atoms with van der Waals surface area (Å²) in [5, 5.41) is 10.2. The first-order valence-electron chi connectivity index (χ1n) is 13.5. The van der Waals surface area contributed by atoms with Crippen LogP contribution >= 0.6 is 11.3 Å². The zero-order chi connectivity index (χ0) is 29.6. The lowest BCUT2D eigenvalue weighted by atomic mass is 10.1. The van der Waals surface area contributed by atoms with Crippen LogP contribution in [0.3, 0.4) is 0 Å². The molecule has 9 nitrogen and oxygen atoms in total. The first-order chi connectivity index (χ1) is 18.3. The number of anilines is 1. The molecule has 4 atom stereocenters. The van der Waals surface area contributed by atoms with Crippen LogP contribution in [0.25, 0.3) is 16.3 Å². The number of pyridine rings is 1. The average Bonchev–Trinajstić information content (AvgIpc) is 3.34. The molecule has 0 bridgehead atoms. The predicted molar refractivity (Wildman–Crippen MR) is 126 cm³/mol. The van der Waals surface area contributed by atoms with Gasteiger partial charge in [-0.25, -0.2) is 26.9 Å². The van der Waals surface area contributed by atoms with Crippen LogP contribution in [0.2, 0.25) is 0 Å². The van der Waals surface area contributed by atoms with Crippen LogP contribution in [-0.2, 0) is 10.0 Å². The van der Waals surface area contributed by atoms with E-state index in [2.05, 4.69) is 25.2 Å². The highest BCUT2D eigenvalue weighted by molar-refractivity contribution is 7.89. The van der Waals surface area contributed by atoms with E-state index in [1.165, 1.54) is 22.9 Å². The molecular formula is C21H27F2N7O2S2. The second kappa shape index (κ2) is 8.18. The molecule has 1 aliphatic carbocycles. The van der Waals surface area contributed by atoms with Crippen molar-refractivity contribution in [2.24, 2.45) is 5.89 Å². The highest BCUT2D eigenvalue weighted by Crippen LogP contribution is 2.43. The standard InChI is InChI=1S/C21H27F2N7O2S2/c1-11-6-21(11,4)28-34(31,32)14-5-15(29-8-12(2)25-13(3)9-29)16-7-24-18(30(16)10-14)20-27-26-19(33-20)17(22)23/h5,7,10-13,17,25,28H,6,8-9H2,1-4H3/t11?,12-,13-,21?/m0/s1/i1D3,6D2,11D. The number of hydrogen-bond donors (Lipinski definition) is 2. The number of aromatic nitrogens is 4. The molecule has 3 aromatic heterocycles. The van der Waals surface area contributed by atoms with E-state index in [1.807, 2.05) is 18.7 Å². The van der Waals surface area contributed by atoms with Crippen LogP contribution in [0.15, 0.2) is 23.4 Å². The van der Waals surface area contributed by atoms with Gasteiger partial charge >= 0.3 is 0 Å². The summed E-state index contributed by atoms with van der Waals surface area (Å²) in [4.78, 5) is 5.92. The molecule has 2 aliphatic rings. The van der Waals surface area contributed by atoms with Gasteiger partial charge in [0.1, 0.15) is 4.90 Å². The van der Waals surface area contributed by atoms with Gasteiger partial charge in [-0.05, 0) is 39.1 Å². The van der Waals surface area contributed by atoms with E-state index in [0.29, 0.717) is 35.6 Å². The Morgan fingerprint density at radius 3 is 2.74 bits per heavy atom. The van der Waals surface area contributed by atoms with Crippen molar-refractivity contribution < 1.29 is 25.4 Å². The normalized spacial score (nSPS) is 34.2. The maximum atomic E-state index is 13.7. The van der Waals surface area contributed by atoms with Gasteiger partial charge in [0.2, 0.25) is 10.0 Å². The Hall–Kier alpha value is -2.22. The number of fused-ring (bicyclic) bond motifs is 1. The Labute approximate surface area is 209 Å². The topological polar surface area (TPSA) is 105 Å². The Bertz CT molecular complexity index is 1570. The van der Waals surface area contributed by atoms with Gasteiger partial charge in [0.15, 0.2) is 15.8 Å². The first-order valence-corrected chi connectivity index (χ1v) is 12.8. The van der Waals surface area contributed by atoms with Gasteiger partial charge in [-0.1, -0.05) is 18.2 Å². The summed E-state index contributed by atoms with van der Waals surface area (Å²) in [6, 6.07) is 1.46. The van der Waals surface area contributed by atoms with Crippen LogP contribution in [-0.4, -0.2) is 58.7 Å². The zero-order valence-corrected chi connectivity index (χ0v) is 20.1. The fourth-order valence-corrected chi connectivity index (χ4v) is 6.18. The second-order valence-corrected chi connectivity index (χ2v) is 11.4. The summed E-state index contributed by atoms with van der Waals surface area (Å²) in [5.41, 5.74) is -1.34. The molecule has 2 fully saturated rings. The third-order valence-corrected chi connectivity index (χ3v) is 8.22. The van der Waals surface area contributed by atoms with Crippen LogP contribution in [0.1, 0.15) is 53.7 Å². The van der Waals surface area contributed by atoms with E-state index >= 15 is 0 Å². The van der Waals surface area contributed by atoms with Gasteiger partial charge in [0.25, 0.3) is 6.43 Å². The van der Waals surface area contributed by atoms with Crippen LogP contribution in [0.4, 0.5) is 14.5 Å². The number of piperazine rings is 1. The molecule has 0 amide bonds. The average molecular weight is 518 g/mol. The van der Waals surface area contributed by atoms with Crippen LogP contribution in [0, 0.1) is 5.89 Å². The molecule has 5 rings (SSSR count). The molecular weight excluding hydrogens is 484 g/mol. The van der Waals surface area contributed by atoms with Gasteiger partial charge in [-0.2, -0.15) is 0 Å². The van der Waals surface area contributed by atoms with Crippen molar-refractivity contribution in [2.45, 2.75) is 62.9 Å². The van der Waals surface area contributed by atoms with Crippen molar-refractivity contribution in [3.8, 4) is 10.8 Å². The molecule has 13 heteroatoms. The monoisotopic (exact) mass is 517 g/mol. The molecule has 0 aromatic carbocycles. The van der Waals surface area contributed by atoms with Crippen molar-refractivity contribution in [1.29, 1.82) is 0 Å². The number of hydrogen-bond acceptors (Lipinski definition) is 8. The quantitative estimate of drug-likeness (QED) is 0.518. The molecule has 34 heavy (non-hydrogen) atoms. The fraction of sp³-hybridized carbons (Fsp3) is 0.571. The first kappa shape index (κ1) is 17.2. The lowest BCUT2D eigenvalue weighted by Crippen LogP contribution is -2.54. The molecule has 1 saturated carbocycles. The molecule has 4 heterocycles. The maximum Gasteiger partial charge on any atom is 0.291 e. The van der Waals surface area contributed by atoms with Crippen molar-refractivity contribution in [2.75, 3.05) is 18.0 Å². The van der Waals surface area contributed by atoms with E-state index in [4.69, 9.17) is 8.22 Å². The van der Waals surface area contributed by atoms with Gasteiger partial charge in [-0.3, -0.25) is 4.40 Å². The number of halogens is 2. The SMILES string of the molecule is [2H]C([2H])([2H])C1([2H])C([2H])([2H])C1(C)NS(=O)(=O)c1cc(N2C[C@H](C)N[C@@H](C)C2)c2cnc(-c3nnc(C(F)F)s3)n2c1. The van der Waals surface area contributed by atoms with E-state index in [0.717, 1.165) is 6.92 Å². The Morgan fingerprint density at radius 2 is 2.12 bits per heavy atom. The molecule has 1 saturated heterocycles. The molecule has 2 N–H and O–H groups in total. The highest BCUT2D eigenvalue weighted by Gasteiger charge is 2.49. The minimum atomic E-state index is -4.63. The Morgan fingerprint density at radius 1 is 1.38 bits per heavy atom. The third kappa shape index (κ3) is 4.18. The Kier molecular flexibility index (Phi) is 4.15. The van der Waals surface area contributed by atoms with Crippen LogP contribution < -0.4 is 14.9 Å². The van der Waals surface area contributed by atoms with E-state index in [1.54, 1.807) is 0 Å². The Balaban J connectivity index is 1.66. The third-order valence-electron chi connectivity index (χ3n) is 5.77. The van der Waals surface area contributed by atoms with Crippen molar-refractivity contribution in [3.63, 3.8) is 0 Å². The number of rotatable bonds is 6. The molecule has 184 valence electrons. The highest BCUT2D eigenvalue weighted by atomic mass is 32.2. The number of sulfonamides is 1. The predicted octanol–water partition coefficient (Wildman–Crippen LogP) is 3.05. The summed E-state index contributed by atoms with van der Waals surface area (Å²) in [6.07, 6.45) is -2.90. The summed E-state index contributed by atoms with van der Waals surface area (Å²) >= 11 is 0.610. The molecule has 0 radical (unpaired) electrons. The summed E-state index contributed by atoms with van der Waals surface area (Å²) in [6.45, 7) is 2.87. The maximum absolute atomic E-state index is 13.7. The summed E-state index contributed by atoms with van der Waals surface area (Å²) in [5.74, 6) is -2.66. The second-order valence-electron chi connectivity index (χ2n) is 8.75. The molecule has 2 unspecified atom stereocenters. The smallest absolute Gasteiger partial charge is 0.291 e. The lowest BCUT2D eigenvalue weighted by molar-refractivity contribution is 0.150. The van der Waals surface area contributed by atoms with Crippen molar-refractivity contribution in [3.05, 3.63) is 23.5 Å². The van der Waals surface area contributed by atoms with Gasteiger partial charge < -0.3 is 10.2 Å². The van der Waals surface area contributed by atoms with E-state index < -0.39 is 46.1 Å². The van der Waals surface area contributed by atoms with Gasteiger partial charge in [0.05, 0.1) is 17.4 Å². The fourth-order valence-electron chi connectivity index (χ4n) is 4.17. The number of alkyl halides is 2. The number of nitrogens with zero attached hydrogens (tertiary/aromatic N) is 5. The summed E-state index contributed by atoms with van der Waals surface area (Å²) < 4.78 is 105. The zero-order valence-electron chi connectivity index (χ0n) is 24.5. The minimum absolute atomic E-state index is 0.0314. The summed E-state index contributed by atoms with van der Waals surface area (Å²) in [7, 11) is -4.63. The number of nitrogens with one attached hydrogen (secondary N) is 2. The van der Waals surface area contributed by atoms with Crippen molar-refractivity contribution >= 4 is 32.6 Å². The molecule has 1 aliphatic heterocycles. The number of imidazole rings is 1. The lowest BCUT2D eigenvalue weighted by Gasteiger charge is -2.38. The van der Waals surface area contributed by atoms with Gasteiger partial charge in [-0.15, -0.1) is 10.2 Å².